The van der Waals surface area contributed by atoms with Gasteiger partial charge in [-0.3, -0.25) is 4.79 Å². The zero-order valence-electron chi connectivity index (χ0n) is 14.6. The fraction of sp³-hybridized carbons (Fsp3) is 0.588. The van der Waals surface area contributed by atoms with Crippen LogP contribution in [-0.2, 0) is 10.0 Å². The lowest BCUT2D eigenvalue weighted by atomic mass is 10.1. The third-order valence-corrected chi connectivity index (χ3v) is 6.62. The van der Waals surface area contributed by atoms with Gasteiger partial charge < -0.3 is 4.90 Å². The Kier molecular flexibility index (Phi) is 5.94. The van der Waals surface area contributed by atoms with Gasteiger partial charge >= 0.3 is 0 Å². The molecule has 1 aliphatic rings. The van der Waals surface area contributed by atoms with E-state index < -0.39 is 10.0 Å². The summed E-state index contributed by atoms with van der Waals surface area (Å²) in [5.41, 5.74) is 0.255. The van der Waals surface area contributed by atoms with Gasteiger partial charge in [-0.15, -0.1) is 0 Å². The molecule has 1 aliphatic carbocycles. The van der Waals surface area contributed by atoms with Gasteiger partial charge in [-0.2, -0.15) is 4.31 Å². The Hall–Kier alpha value is -1.11. The first-order chi connectivity index (χ1) is 11.2. The molecule has 1 saturated carbocycles. The average Bonchev–Trinajstić information content (AvgIpc) is 3.32. The van der Waals surface area contributed by atoms with Gasteiger partial charge in [0.25, 0.3) is 5.91 Å². The molecule has 0 saturated heterocycles. The SMILES string of the molecule is CCN(CC)S(=O)(=O)c1ccc(Cl)c(C(=O)N(C(C)C)C2CC2)c1. The van der Waals surface area contributed by atoms with Crippen LogP contribution in [-0.4, -0.2) is 48.7 Å². The molecule has 7 heteroatoms. The third-order valence-electron chi connectivity index (χ3n) is 4.24. The number of amides is 1. The summed E-state index contributed by atoms with van der Waals surface area (Å²) >= 11 is 6.21. The number of carbonyl (C=O) groups is 1. The maximum absolute atomic E-state index is 12.9. The van der Waals surface area contributed by atoms with Crippen molar-refractivity contribution in [3.63, 3.8) is 0 Å². The van der Waals surface area contributed by atoms with Crippen molar-refractivity contribution in [3.05, 3.63) is 28.8 Å². The molecule has 0 unspecified atom stereocenters. The highest BCUT2D eigenvalue weighted by Crippen LogP contribution is 2.32. The summed E-state index contributed by atoms with van der Waals surface area (Å²) in [5, 5.41) is 0.282. The van der Waals surface area contributed by atoms with E-state index in [1.54, 1.807) is 18.7 Å². The first-order valence-corrected chi connectivity index (χ1v) is 10.2. The van der Waals surface area contributed by atoms with Crippen molar-refractivity contribution in [2.45, 2.75) is 57.5 Å². The Morgan fingerprint density at radius 3 is 2.29 bits per heavy atom. The van der Waals surface area contributed by atoms with E-state index in [0.29, 0.717) is 13.1 Å². The molecule has 1 aromatic carbocycles. The smallest absolute Gasteiger partial charge is 0.255 e. The van der Waals surface area contributed by atoms with Crippen molar-refractivity contribution in [3.8, 4) is 0 Å². The Morgan fingerprint density at radius 1 is 1.25 bits per heavy atom. The summed E-state index contributed by atoms with van der Waals surface area (Å²) in [4.78, 5) is 14.8. The second-order valence-electron chi connectivity index (χ2n) is 6.27. The summed E-state index contributed by atoms with van der Waals surface area (Å²) in [5.74, 6) is -0.200. The van der Waals surface area contributed by atoms with Crippen molar-refractivity contribution in [1.82, 2.24) is 9.21 Å². The number of hydrogen-bond acceptors (Lipinski definition) is 3. The molecule has 0 N–H and O–H groups in total. The van der Waals surface area contributed by atoms with E-state index in [0.717, 1.165) is 12.8 Å². The normalized spacial score (nSPS) is 15.1. The first kappa shape index (κ1) is 19.2. The Balaban J connectivity index is 2.44. The zero-order chi connectivity index (χ0) is 18.1. The number of rotatable bonds is 7. The zero-order valence-corrected chi connectivity index (χ0v) is 16.2. The highest BCUT2D eigenvalue weighted by atomic mass is 35.5. The minimum Gasteiger partial charge on any atom is -0.333 e. The molecule has 0 aromatic heterocycles. The van der Waals surface area contributed by atoms with Crippen LogP contribution in [0.3, 0.4) is 0 Å². The van der Waals surface area contributed by atoms with Crippen LogP contribution in [0, 0.1) is 0 Å². The summed E-state index contributed by atoms with van der Waals surface area (Å²) in [6.45, 7) is 8.25. The largest absolute Gasteiger partial charge is 0.333 e. The van der Waals surface area contributed by atoms with E-state index in [2.05, 4.69) is 0 Å². The molecule has 0 radical (unpaired) electrons. The van der Waals surface area contributed by atoms with Gasteiger partial charge in [0.05, 0.1) is 15.5 Å². The lowest BCUT2D eigenvalue weighted by Crippen LogP contribution is -2.39. The number of sulfonamides is 1. The second-order valence-corrected chi connectivity index (χ2v) is 8.61. The van der Waals surface area contributed by atoms with E-state index in [-0.39, 0.29) is 33.5 Å². The molecule has 5 nitrogen and oxygen atoms in total. The van der Waals surface area contributed by atoms with Crippen LogP contribution < -0.4 is 0 Å². The first-order valence-electron chi connectivity index (χ1n) is 8.36. The molecule has 1 amide bonds. The maximum Gasteiger partial charge on any atom is 0.255 e. The van der Waals surface area contributed by atoms with E-state index >= 15 is 0 Å². The molecule has 134 valence electrons. The predicted molar refractivity (Wildman–Crippen MR) is 95.9 cm³/mol. The van der Waals surface area contributed by atoms with E-state index in [9.17, 15) is 13.2 Å². The second kappa shape index (κ2) is 7.42. The molecule has 0 atom stereocenters. The van der Waals surface area contributed by atoms with Gasteiger partial charge in [-0.25, -0.2) is 8.42 Å². The summed E-state index contributed by atoms with van der Waals surface area (Å²) in [6, 6.07) is 4.65. The van der Waals surface area contributed by atoms with E-state index in [4.69, 9.17) is 11.6 Å². The van der Waals surface area contributed by atoms with Crippen molar-refractivity contribution in [2.75, 3.05) is 13.1 Å². The number of hydrogen-bond donors (Lipinski definition) is 0. The number of nitrogens with zero attached hydrogens (tertiary/aromatic N) is 2. The van der Waals surface area contributed by atoms with Gasteiger partial charge in [-0.05, 0) is 44.9 Å². The molecule has 1 aromatic rings. The highest BCUT2D eigenvalue weighted by molar-refractivity contribution is 7.89. The molecule has 2 rings (SSSR count). The van der Waals surface area contributed by atoms with Gasteiger partial charge in [0.1, 0.15) is 0 Å². The van der Waals surface area contributed by atoms with Gasteiger partial charge in [0.15, 0.2) is 0 Å². The van der Waals surface area contributed by atoms with Crippen LogP contribution in [0.1, 0.15) is 50.9 Å². The lowest BCUT2D eigenvalue weighted by Gasteiger charge is -2.27. The summed E-state index contributed by atoms with van der Waals surface area (Å²) in [7, 11) is -3.62. The molecule has 24 heavy (non-hydrogen) atoms. The molecular weight excluding hydrogens is 348 g/mol. The number of carbonyl (C=O) groups excluding carboxylic acids is 1. The lowest BCUT2D eigenvalue weighted by molar-refractivity contribution is 0.0690. The standard InChI is InChI=1S/C17H25ClN2O3S/c1-5-19(6-2)24(22,23)14-9-10-16(18)15(11-14)17(21)20(12(3)4)13-7-8-13/h9-13H,5-8H2,1-4H3. The minimum atomic E-state index is -3.62. The van der Waals surface area contributed by atoms with Gasteiger partial charge in [-0.1, -0.05) is 25.4 Å². The molecule has 1 fully saturated rings. The monoisotopic (exact) mass is 372 g/mol. The van der Waals surface area contributed by atoms with Gasteiger partial charge in [0, 0.05) is 25.2 Å². The van der Waals surface area contributed by atoms with Crippen LogP contribution in [0.15, 0.2) is 23.1 Å². The van der Waals surface area contributed by atoms with Crippen LogP contribution >= 0.6 is 11.6 Å². The van der Waals surface area contributed by atoms with Crippen LogP contribution in [0.4, 0.5) is 0 Å². The van der Waals surface area contributed by atoms with Crippen LogP contribution in [0.2, 0.25) is 5.02 Å². The van der Waals surface area contributed by atoms with Crippen molar-refractivity contribution < 1.29 is 13.2 Å². The quantitative estimate of drug-likeness (QED) is 0.737. The maximum atomic E-state index is 12.9. The van der Waals surface area contributed by atoms with Crippen molar-refractivity contribution in [1.29, 1.82) is 0 Å². The molecule has 0 bridgehead atoms. The number of halogens is 1. The van der Waals surface area contributed by atoms with Crippen LogP contribution in [0.5, 0.6) is 0 Å². The predicted octanol–water partition coefficient (Wildman–Crippen LogP) is 3.38. The molecule has 0 heterocycles. The Bertz CT molecular complexity index is 709. The van der Waals surface area contributed by atoms with E-state index in [1.165, 1.54) is 22.5 Å². The van der Waals surface area contributed by atoms with Crippen molar-refractivity contribution in [2.24, 2.45) is 0 Å². The summed E-state index contributed by atoms with van der Waals surface area (Å²) in [6.07, 6.45) is 1.97. The van der Waals surface area contributed by atoms with Crippen molar-refractivity contribution >= 4 is 27.5 Å². The molecule has 0 spiro atoms. The molecule has 0 aliphatic heterocycles. The highest BCUT2D eigenvalue weighted by Gasteiger charge is 2.36. The Labute approximate surface area is 149 Å². The minimum absolute atomic E-state index is 0.0455. The third kappa shape index (κ3) is 3.76. The fourth-order valence-electron chi connectivity index (χ4n) is 2.86. The van der Waals surface area contributed by atoms with Crippen LogP contribution in [0.25, 0.3) is 0 Å². The number of benzene rings is 1. The fourth-order valence-corrected chi connectivity index (χ4v) is 4.54. The van der Waals surface area contributed by atoms with Gasteiger partial charge in [0.2, 0.25) is 10.0 Å². The average molecular weight is 373 g/mol. The van der Waals surface area contributed by atoms with E-state index in [1.807, 2.05) is 13.8 Å². The summed E-state index contributed by atoms with van der Waals surface area (Å²) < 4.78 is 26.7. The molecular formula is C17H25ClN2O3S. The topological polar surface area (TPSA) is 57.7 Å². The Morgan fingerprint density at radius 2 is 1.83 bits per heavy atom.